The number of imidazole rings is 1. The molecular formula is C23H31N5O. The zero-order valence-corrected chi connectivity index (χ0v) is 18.5. The first-order valence-corrected chi connectivity index (χ1v) is 9.95. The third-order valence-corrected chi connectivity index (χ3v) is 5.36. The highest BCUT2D eigenvalue weighted by molar-refractivity contribution is 6.02. The summed E-state index contributed by atoms with van der Waals surface area (Å²) in [6, 6.07) is 10.3. The van der Waals surface area contributed by atoms with Gasteiger partial charge in [0.1, 0.15) is 5.52 Å². The molecule has 154 valence electrons. The van der Waals surface area contributed by atoms with E-state index in [-0.39, 0.29) is 5.91 Å². The molecule has 1 N–H and O–H groups in total. The molecule has 1 aromatic heterocycles. The van der Waals surface area contributed by atoms with Crippen molar-refractivity contribution in [2.75, 3.05) is 38.4 Å². The van der Waals surface area contributed by atoms with Crippen molar-refractivity contribution in [3.8, 4) is 0 Å². The number of amides is 1. The summed E-state index contributed by atoms with van der Waals surface area (Å²) >= 11 is 0. The summed E-state index contributed by atoms with van der Waals surface area (Å²) in [6.45, 7) is 5.01. The lowest BCUT2D eigenvalue weighted by atomic mass is 10.00. The topological polar surface area (TPSA) is 53.4 Å². The van der Waals surface area contributed by atoms with Crippen LogP contribution >= 0.6 is 0 Å². The Bertz CT molecular complexity index is 1050. The predicted octanol–water partition coefficient (Wildman–Crippen LogP) is 3.82. The number of nitrogens with zero attached hydrogens (tertiary/aromatic N) is 4. The van der Waals surface area contributed by atoms with E-state index in [9.17, 15) is 4.79 Å². The van der Waals surface area contributed by atoms with E-state index in [1.807, 2.05) is 42.7 Å². The number of hydrogen-bond acceptors (Lipinski definition) is 4. The van der Waals surface area contributed by atoms with E-state index >= 15 is 0 Å². The standard InChI is InChI=1S/C23H31N5O/c1-8-16-11-9-10-15(2)18(16)14-24-19-12-17(22(29)26(3)4)13-20-21(19)25-23(27(5)6)28(20)7/h9-13,24H,8,14H2,1-7H3. The van der Waals surface area contributed by atoms with Crippen molar-refractivity contribution in [3.63, 3.8) is 0 Å². The third kappa shape index (κ3) is 3.92. The Morgan fingerprint density at radius 3 is 2.52 bits per heavy atom. The van der Waals surface area contributed by atoms with E-state index < -0.39 is 0 Å². The van der Waals surface area contributed by atoms with Gasteiger partial charge in [0.05, 0.1) is 11.2 Å². The van der Waals surface area contributed by atoms with Crippen LogP contribution in [-0.2, 0) is 20.0 Å². The minimum atomic E-state index is -0.0207. The van der Waals surface area contributed by atoms with Gasteiger partial charge in [-0.15, -0.1) is 0 Å². The molecule has 0 aliphatic carbocycles. The number of carbonyl (C=O) groups is 1. The zero-order chi connectivity index (χ0) is 21.3. The highest BCUT2D eigenvalue weighted by Crippen LogP contribution is 2.30. The Balaban J connectivity index is 2.10. The molecule has 2 aromatic carbocycles. The summed E-state index contributed by atoms with van der Waals surface area (Å²) in [5.74, 6) is 0.829. The van der Waals surface area contributed by atoms with Crippen molar-refractivity contribution in [3.05, 3.63) is 52.6 Å². The van der Waals surface area contributed by atoms with Gasteiger partial charge in [0.2, 0.25) is 5.95 Å². The van der Waals surface area contributed by atoms with Crippen LogP contribution in [0, 0.1) is 6.92 Å². The van der Waals surface area contributed by atoms with Crippen molar-refractivity contribution in [1.82, 2.24) is 14.5 Å². The second-order valence-corrected chi connectivity index (χ2v) is 7.88. The fraction of sp³-hybridized carbons (Fsp3) is 0.391. The van der Waals surface area contributed by atoms with Gasteiger partial charge in [-0.1, -0.05) is 25.1 Å². The quantitative estimate of drug-likeness (QED) is 0.692. The number of fused-ring (bicyclic) bond motifs is 1. The largest absolute Gasteiger partial charge is 0.379 e. The lowest BCUT2D eigenvalue weighted by molar-refractivity contribution is 0.0828. The number of aromatic nitrogens is 2. The summed E-state index contributed by atoms with van der Waals surface area (Å²) in [5, 5.41) is 3.57. The van der Waals surface area contributed by atoms with Gasteiger partial charge in [-0.05, 0) is 42.2 Å². The lowest BCUT2D eigenvalue weighted by Crippen LogP contribution is -2.22. The fourth-order valence-electron chi connectivity index (χ4n) is 3.72. The van der Waals surface area contributed by atoms with Crippen LogP contribution in [0.15, 0.2) is 30.3 Å². The summed E-state index contributed by atoms with van der Waals surface area (Å²) < 4.78 is 2.03. The molecule has 0 aliphatic rings. The van der Waals surface area contributed by atoms with E-state index in [1.165, 1.54) is 16.7 Å². The zero-order valence-electron chi connectivity index (χ0n) is 18.5. The average Bonchev–Trinajstić information content (AvgIpc) is 3.03. The summed E-state index contributed by atoms with van der Waals surface area (Å²) in [6.07, 6.45) is 0.988. The predicted molar refractivity (Wildman–Crippen MR) is 121 cm³/mol. The van der Waals surface area contributed by atoms with Crippen molar-refractivity contribution in [2.24, 2.45) is 7.05 Å². The Labute approximate surface area is 173 Å². The van der Waals surface area contributed by atoms with Crippen molar-refractivity contribution in [1.29, 1.82) is 0 Å². The molecule has 0 bridgehead atoms. The Morgan fingerprint density at radius 2 is 1.90 bits per heavy atom. The third-order valence-electron chi connectivity index (χ3n) is 5.36. The van der Waals surface area contributed by atoms with Crippen molar-refractivity contribution < 1.29 is 4.79 Å². The Hall–Kier alpha value is -3.02. The van der Waals surface area contributed by atoms with Crippen LogP contribution in [0.3, 0.4) is 0 Å². The number of anilines is 2. The van der Waals surface area contributed by atoms with Crippen LogP contribution in [0.2, 0.25) is 0 Å². The molecule has 0 spiro atoms. The van der Waals surface area contributed by atoms with Crippen molar-refractivity contribution in [2.45, 2.75) is 26.8 Å². The van der Waals surface area contributed by atoms with Gasteiger partial charge < -0.3 is 19.7 Å². The van der Waals surface area contributed by atoms with Gasteiger partial charge in [-0.2, -0.15) is 0 Å². The molecular weight excluding hydrogens is 362 g/mol. The van der Waals surface area contributed by atoms with Gasteiger partial charge in [-0.3, -0.25) is 4.79 Å². The summed E-state index contributed by atoms with van der Waals surface area (Å²) in [7, 11) is 9.47. The maximum Gasteiger partial charge on any atom is 0.253 e. The smallest absolute Gasteiger partial charge is 0.253 e. The van der Waals surface area contributed by atoms with Gasteiger partial charge >= 0.3 is 0 Å². The minimum Gasteiger partial charge on any atom is -0.379 e. The second-order valence-electron chi connectivity index (χ2n) is 7.88. The van der Waals surface area contributed by atoms with E-state index in [1.54, 1.807) is 19.0 Å². The first-order chi connectivity index (χ1) is 13.7. The molecule has 0 aliphatic heterocycles. The molecule has 0 saturated heterocycles. The molecule has 29 heavy (non-hydrogen) atoms. The van der Waals surface area contributed by atoms with E-state index in [4.69, 9.17) is 4.98 Å². The second kappa shape index (κ2) is 8.15. The van der Waals surface area contributed by atoms with Gasteiger partial charge in [0.25, 0.3) is 5.91 Å². The average molecular weight is 394 g/mol. The van der Waals surface area contributed by atoms with Gasteiger partial charge in [0, 0.05) is 47.3 Å². The fourth-order valence-corrected chi connectivity index (χ4v) is 3.72. The Kier molecular flexibility index (Phi) is 5.82. The number of nitrogens with one attached hydrogen (secondary N) is 1. The molecule has 0 radical (unpaired) electrons. The molecule has 0 saturated carbocycles. The van der Waals surface area contributed by atoms with Crippen LogP contribution in [0.25, 0.3) is 11.0 Å². The SMILES string of the molecule is CCc1cccc(C)c1CNc1cc(C(=O)N(C)C)cc2c1nc(N(C)C)n2C. The monoisotopic (exact) mass is 393 g/mol. The van der Waals surface area contributed by atoms with Gasteiger partial charge in [-0.25, -0.2) is 4.98 Å². The molecule has 0 unspecified atom stereocenters. The van der Waals surface area contributed by atoms with Crippen molar-refractivity contribution >= 4 is 28.6 Å². The number of aryl methyl sites for hydroxylation is 3. The van der Waals surface area contributed by atoms with Crippen LogP contribution < -0.4 is 10.2 Å². The normalized spacial score (nSPS) is 11.0. The molecule has 6 heteroatoms. The maximum absolute atomic E-state index is 12.7. The number of hydrogen-bond donors (Lipinski definition) is 1. The first kappa shape index (κ1) is 20.7. The molecule has 3 rings (SSSR count). The maximum atomic E-state index is 12.7. The first-order valence-electron chi connectivity index (χ1n) is 9.95. The van der Waals surface area contributed by atoms with Crippen LogP contribution in [0.4, 0.5) is 11.6 Å². The van der Waals surface area contributed by atoms with Crippen LogP contribution in [-0.4, -0.2) is 48.5 Å². The van der Waals surface area contributed by atoms with E-state index in [0.717, 1.165) is 29.1 Å². The number of benzene rings is 2. The number of rotatable bonds is 6. The molecule has 3 aromatic rings. The van der Waals surface area contributed by atoms with E-state index in [0.29, 0.717) is 12.1 Å². The molecule has 6 nitrogen and oxygen atoms in total. The van der Waals surface area contributed by atoms with Gasteiger partial charge in [0.15, 0.2) is 0 Å². The van der Waals surface area contributed by atoms with E-state index in [2.05, 4.69) is 37.4 Å². The lowest BCUT2D eigenvalue weighted by Gasteiger charge is -2.16. The number of carbonyl (C=O) groups excluding carboxylic acids is 1. The minimum absolute atomic E-state index is 0.0207. The summed E-state index contributed by atoms with van der Waals surface area (Å²) in [5.41, 5.74) is 7.24. The Morgan fingerprint density at radius 1 is 1.17 bits per heavy atom. The highest BCUT2D eigenvalue weighted by atomic mass is 16.2. The highest BCUT2D eigenvalue weighted by Gasteiger charge is 2.18. The van der Waals surface area contributed by atoms with Crippen LogP contribution in [0.1, 0.15) is 34.0 Å². The molecule has 1 amide bonds. The summed E-state index contributed by atoms with van der Waals surface area (Å²) in [4.78, 5) is 21.1. The van der Waals surface area contributed by atoms with Crippen LogP contribution in [0.5, 0.6) is 0 Å². The molecule has 1 heterocycles. The molecule has 0 fully saturated rings. The molecule has 0 atom stereocenters.